The summed E-state index contributed by atoms with van der Waals surface area (Å²) >= 11 is 0. The molecule has 2 aliphatic heterocycles. The number of piperidine rings is 1. The van der Waals surface area contributed by atoms with Crippen molar-refractivity contribution >= 4 is 33.7 Å². The minimum atomic E-state index is 0.139. The number of nitrogens with zero attached hydrogens (tertiary/aromatic N) is 5. The molecule has 2 fully saturated rings. The molecule has 4 aromatic rings. The third-order valence-corrected chi connectivity index (χ3v) is 6.85. The van der Waals surface area contributed by atoms with Crippen LogP contribution in [0.1, 0.15) is 29.8 Å². The Morgan fingerprint density at radius 2 is 2.00 bits per heavy atom. The molecule has 6 rings (SSSR count). The molecule has 0 saturated carbocycles. The maximum Gasteiger partial charge on any atom is 0.270 e. The van der Waals surface area contributed by atoms with E-state index in [1.54, 1.807) is 6.33 Å². The lowest BCUT2D eigenvalue weighted by Gasteiger charge is -2.40. The second-order valence-corrected chi connectivity index (χ2v) is 8.34. The number of para-hydroxylation sites is 1. The fourth-order valence-corrected chi connectivity index (χ4v) is 5.43. The number of hydrogen-bond acceptors (Lipinski definition) is 4. The first kappa shape index (κ1) is 17.5. The summed E-state index contributed by atoms with van der Waals surface area (Å²) in [7, 11) is 1.99. The molecule has 2 atom stereocenters. The Morgan fingerprint density at radius 1 is 1.10 bits per heavy atom. The number of likely N-dealkylation sites (tertiary alicyclic amines) is 1. The number of aryl methyl sites for hydroxylation is 1. The second kappa shape index (κ2) is 6.58. The molecule has 1 aromatic carbocycles. The number of nitrogens with one attached hydrogen (secondary N) is 1. The van der Waals surface area contributed by atoms with Gasteiger partial charge in [0.25, 0.3) is 5.91 Å². The summed E-state index contributed by atoms with van der Waals surface area (Å²) < 4.78 is 2.03. The van der Waals surface area contributed by atoms with Crippen LogP contribution in [0, 0.1) is 0 Å². The molecule has 7 nitrogen and oxygen atoms in total. The van der Waals surface area contributed by atoms with Gasteiger partial charge in [0, 0.05) is 37.2 Å². The van der Waals surface area contributed by atoms with Crippen LogP contribution in [0.25, 0.3) is 21.9 Å². The number of anilines is 1. The Bertz CT molecular complexity index is 1260. The summed E-state index contributed by atoms with van der Waals surface area (Å²) in [6, 6.07) is 12.8. The van der Waals surface area contributed by atoms with Gasteiger partial charge in [-0.1, -0.05) is 18.2 Å². The van der Waals surface area contributed by atoms with Gasteiger partial charge in [0.2, 0.25) is 0 Å². The zero-order chi connectivity index (χ0) is 20.2. The van der Waals surface area contributed by atoms with E-state index in [4.69, 9.17) is 0 Å². The third-order valence-electron chi connectivity index (χ3n) is 6.85. The normalized spacial score (nSPS) is 21.5. The maximum absolute atomic E-state index is 13.6. The Labute approximate surface area is 174 Å². The lowest BCUT2D eigenvalue weighted by atomic mass is 9.96. The summed E-state index contributed by atoms with van der Waals surface area (Å²) in [5.74, 6) is 1.12. The van der Waals surface area contributed by atoms with E-state index in [2.05, 4.69) is 36.9 Å². The SMILES string of the molecule is Cn1c(C(=O)N2CCC[C@@H]3[C@H]2CCN3c2ncnc3[nH]ccc23)cc2ccccc21. The Hall–Kier alpha value is -3.35. The van der Waals surface area contributed by atoms with E-state index in [-0.39, 0.29) is 11.9 Å². The molecule has 0 spiro atoms. The minimum Gasteiger partial charge on any atom is -0.351 e. The highest BCUT2D eigenvalue weighted by Crippen LogP contribution is 2.36. The zero-order valence-electron chi connectivity index (χ0n) is 17.0. The number of rotatable bonds is 2. The zero-order valence-corrected chi connectivity index (χ0v) is 17.0. The smallest absolute Gasteiger partial charge is 0.270 e. The van der Waals surface area contributed by atoms with Gasteiger partial charge in [-0.15, -0.1) is 0 Å². The molecule has 0 radical (unpaired) electrons. The molecule has 2 aliphatic rings. The fourth-order valence-electron chi connectivity index (χ4n) is 5.43. The van der Waals surface area contributed by atoms with Gasteiger partial charge in [-0.2, -0.15) is 0 Å². The van der Waals surface area contributed by atoms with Gasteiger partial charge in [0.1, 0.15) is 23.5 Å². The maximum atomic E-state index is 13.6. The molecule has 1 N–H and O–H groups in total. The topological polar surface area (TPSA) is 70.1 Å². The molecule has 3 aromatic heterocycles. The first-order valence-electron chi connectivity index (χ1n) is 10.6. The highest BCUT2D eigenvalue weighted by molar-refractivity contribution is 5.99. The summed E-state index contributed by atoms with van der Waals surface area (Å²) in [4.78, 5) is 30.2. The van der Waals surface area contributed by atoms with Crippen LogP contribution in [0.4, 0.5) is 5.82 Å². The van der Waals surface area contributed by atoms with E-state index in [0.29, 0.717) is 6.04 Å². The van der Waals surface area contributed by atoms with Crippen LogP contribution in [-0.4, -0.2) is 55.5 Å². The number of aromatic amines is 1. The van der Waals surface area contributed by atoms with Crippen molar-refractivity contribution in [2.75, 3.05) is 18.0 Å². The number of amides is 1. The Kier molecular flexibility index (Phi) is 3.84. The number of benzene rings is 1. The number of aromatic nitrogens is 4. The van der Waals surface area contributed by atoms with E-state index in [1.165, 1.54) is 0 Å². The second-order valence-electron chi connectivity index (χ2n) is 8.34. The van der Waals surface area contributed by atoms with Crippen molar-refractivity contribution in [1.29, 1.82) is 0 Å². The van der Waals surface area contributed by atoms with Crippen molar-refractivity contribution < 1.29 is 4.79 Å². The first-order valence-corrected chi connectivity index (χ1v) is 10.6. The molecule has 30 heavy (non-hydrogen) atoms. The lowest BCUT2D eigenvalue weighted by Crippen LogP contribution is -2.52. The van der Waals surface area contributed by atoms with Crippen LogP contribution >= 0.6 is 0 Å². The number of hydrogen-bond donors (Lipinski definition) is 1. The first-order chi connectivity index (χ1) is 14.7. The van der Waals surface area contributed by atoms with Crippen molar-refractivity contribution in [1.82, 2.24) is 24.4 Å². The number of carbonyl (C=O) groups excluding carboxylic acids is 1. The average molecular weight is 400 g/mol. The molecule has 0 aliphatic carbocycles. The van der Waals surface area contributed by atoms with Gasteiger partial charge in [0.15, 0.2) is 0 Å². The van der Waals surface area contributed by atoms with E-state index in [0.717, 1.165) is 65.8 Å². The summed E-state index contributed by atoms with van der Waals surface area (Å²) in [6.07, 6.45) is 6.60. The van der Waals surface area contributed by atoms with E-state index in [9.17, 15) is 4.79 Å². The molecule has 5 heterocycles. The minimum absolute atomic E-state index is 0.139. The summed E-state index contributed by atoms with van der Waals surface area (Å²) in [6.45, 7) is 1.73. The number of H-pyrrole nitrogens is 1. The quantitative estimate of drug-likeness (QED) is 0.560. The Morgan fingerprint density at radius 3 is 2.90 bits per heavy atom. The van der Waals surface area contributed by atoms with Crippen LogP contribution in [0.3, 0.4) is 0 Å². The molecular formula is C23H24N6O. The average Bonchev–Trinajstić information content (AvgIpc) is 3.50. The largest absolute Gasteiger partial charge is 0.351 e. The highest BCUT2D eigenvalue weighted by Gasteiger charge is 2.43. The van der Waals surface area contributed by atoms with Crippen molar-refractivity contribution in [3.05, 3.63) is 54.6 Å². The summed E-state index contributed by atoms with van der Waals surface area (Å²) in [5, 5.41) is 2.16. The van der Waals surface area contributed by atoms with E-state index in [1.807, 2.05) is 42.1 Å². The molecule has 152 valence electrons. The predicted molar refractivity (Wildman–Crippen MR) is 117 cm³/mol. The van der Waals surface area contributed by atoms with Gasteiger partial charge >= 0.3 is 0 Å². The molecule has 1 amide bonds. The van der Waals surface area contributed by atoms with E-state index < -0.39 is 0 Å². The van der Waals surface area contributed by atoms with Crippen molar-refractivity contribution in [2.24, 2.45) is 7.05 Å². The number of carbonyl (C=O) groups is 1. The third kappa shape index (κ3) is 2.47. The van der Waals surface area contributed by atoms with Crippen molar-refractivity contribution in [3.63, 3.8) is 0 Å². The van der Waals surface area contributed by atoms with Crippen molar-refractivity contribution in [3.8, 4) is 0 Å². The lowest BCUT2D eigenvalue weighted by molar-refractivity contribution is 0.0599. The fraction of sp³-hybridized carbons (Fsp3) is 0.348. The molecule has 7 heteroatoms. The van der Waals surface area contributed by atoms with Crippen molar-refractivity contribution in [2.45, 2.75) is 31.3 Å². The Balaban J connectivity index is 1.34. The van der Waals surface area contributed by atoms with Crippen LogP contribution in [-0.2, 0) is 7.05 Å². The molecule has 0 unspecified atom stereocenters. The predicted octanol–water partition coefficient (Wildman–Crippen LogP) is 3.33. The van der Waals surface area contributed by atoms with Crippen LogP contribution < -0.4 is 4.90 Å². The highest BCUT2D eigenvalue weighted by atomic mass is 16.2. The van der Waals surface area contributed by atoms with Crippen LogP contribution in [0.5, 0.6) is 0 Å². The van der Waals surface area contributed by atoms with Gasteiger partial charge < -0.3 is 19.4 Å². The van der Waals surface area contributed by atoms with Crippen LogP contribution in [0.2, 0.25) is 0 Å². The standard InChI is InChI=1S/C23H24N6O/c1-27-17-6-3-2-5-15(17)13-20(27)23(30)29-11-4-7-18-19(29)9-12-28(18)22-16-8-10-24-21(16)25-14-26-22/h2-3,5-6,8,10,13-14,18-19H,4,7,9,11-12H2,1H3,(H,24,25,26)/t18-,19-/m1/s1. The monoisotopic (exact) mass is 400 g/mol. The van der Waals surface area contributed by atoms with Gasteiger partial charge in [-0.3, -0.25) is 4.79 Å². The van der Waals surface area contributed by atoms with Gasteiger partial charge in [0.05, 0.1) is 17.5 Å². The summed E-state index contributed by atoms with van der Waals surface area (Å²) in [5.41, 5.74) is 2.73. The van der Waals surface area contributed by atoms with Crippen LogP contribution in [0.15, 0.2) is 48.9 Å². The molecule has 2 saturated heterocycles. The van der Waals surface area contributed by atoms with Gasteiger partial charge in [-0.05, 0) is 37.5 Å². The van der Waals surface area contributed by atoms with E-state index >= 15 is 0 Å². The van der Waals surface area contributed by atoms with Gasteiger partial charge in [-0.25, -0.2) is 9.97 Å². The number of fused-ring (bicyclic) bond motifs is 3. The molecule has 0 bridgehead atoms. The molecular weight excluding hydrogens is 376 g/mol.